The molecule has 5 heteroatoms. The second-order valence-electron chi connectivity index (χ2n) is 5.08. The number of nitrogens with one attached hydrogen (secondary N) is 1. The Balaban J connectivity index is 2.23. The van der Waals surface area contributed by atoms with Gasteiger partial charge in [0.15, 0.2) is 9.84 Å². The van der Waals surface area contributed by atoms with E-state index in [0.29, 0.717) is 17.0 Å². The van der Waals surface area contributed by atoms with E-state index in [-0.39, 0.29) is 0 Å². The van der Waals surface area contributed by atoms with Gasteiger partial charge < -0.3 is 10.2 Å². The predicted octanol–water partition coefficient (Wildman–Crippen LogP) is 1.28. The highest BCUT2D eigenvalue weighted by atomic mass is 32.2. The molecule has 0 unspecified atom stereocenters. The second kappa shape index (κ2) is 4.90. The SMILES string of the molecule is C[C@H]1CN(c2ccc(S(C)(=O)=O)cc2)[C@@H](C)CN1. The molecule has 4 nitrogen and oxygen atoms in total. The Kier molecular flexibility index (Phi) is 3.64. The molecule has 1 saturated heterocycles. The van der Waals surface area contributed by atoms with Crippen molar-refractivity contribution in [2.75, 3.05) is 24.2 Å². The fourth-order valence-corrected chi connectivity index (χ4v) is 2.90. The number of nitrogens with zero attached hydrogens (tertiary/aromatic N) is 1. The molecular formula is C13H20N2O2S. The van der Waals surface area contributed by atoms with Crippen molar-refractivity contribution >= 4 is 15.5 Å². The maximum absolute atomic E-state index is 11.4. The summed E-state index contributed by atoms with van der Waals surface area (Å²) in [5, 5.41) is 3.43. The minimum absolute atomic E-state index is 0.377. The number of anilines is 1. The van der Waals surface area contributed by atoms with Crippen LogP contribution in [0.15, 0.2) is 29.2 Å². The van der Waals surface area contributed by atoms with Gasteiger partial charge in [-0.25, -0.2) is 8.42 Å². The third kappa shape index (κ3) is 2.84. The number of rotatable bonds is 2. The van der Waals surface area contributed by atoms with Crippen molar-refractivity contribution in [2.24, 2.45) is 0 Å². The fraction of sp³-hybridized carbons (Fsp3) is 0.538. The van der Waals surface area contributed by atoms with Crippen LogP contribution in [0.25, 0.3) is 0 Å². The Bertz CT molecular complexity index is 510. The summed E-state index contributed by atoms with van der Waals surface area (Å²) in [6.45, 7) is 6.22. The van der Waals surface area contributed by atoms with Crippen LogP contribution >= 0.6 is 0 Å². The van der Waals surface area contributed by atoms with Gasteiger partial charge >= 0.3 is 0 Å². The third-order valence-electron chi connectivity index (χ3n) is 3.36. The first-order valence-corrected chi connectivity index (χ1v) is 8.07. The summed E-state index contributed by atoms with van der Waals surface area (Å²) in [6.07, 6.45) is 1.23. The highest BCUT2D eigenvalue weighted by Gasteiger charge is 2.22. The zero-order chi connectivity index (χ0) is 13.3. The molecule has 1 N–H and O–H groups in total. The van der Waals surface area contributed by atoms with E-state index in [1.54, 1.807) is 12.1 Å². The summed E-state index contributed by atoms with van der Waals surface area (Å²) < 4.78 is 22.8. The highest BCUT2D eigenvalue weighted by molar-refractivity contribution is 7.90. The lowest BCUT2D eigenvalue weighted by Crippen LogP contribution is -2.54. The van der Waals surface area contributed by atoms with Crippen LogP contribution in [0.3, 0.4) is 0 Å². The summed E-state index contributed by atoms with van der Waals surface area (Å²) in [5.41, 5.74) is 1.09. The molecule has 1 aromatic rings. The van der Waals surface area contributed by atoms with Crippen molar-refractivity contribution < 1.29 is 8.42 Å². The Morgan fingerprint density at radius 3 is 2.39 bits per heavy atom. The van der Waals surface area contributed by atoms with Crippen molar-refractivity contribution in [1.29, 1.82) is 0 Å². The van der Waals surface area contributed by atoms with Gasteiger partial charge in [0.2, 0.25) is 0 Å². The van der Waals surface area contributed by atoms with Gasteiger partial charge in [0.05, 0.1) is 4.90 Å². The van der Waals surface area contributed by atoms with Crippen molar-refractivity contribution in [3.8, 4) is 0 Å². The molecule has 1 aliphatic heterocycles. The van der Waals surface area contributed by atoms with E-state index in [1.807, 2.05) is 12.1 Å². The summed E-state index contributed by atoms with van der Waals surface area (Å²) in [6, 6.07) is 8.03. The van der Waals surface area contributed by atoms with Gasteiger partial charge in [0, 0.05) is 37.1 Å². The van der Waals surface area contributed by atoms with Crippen molar-refractivity contribution in [3.05, 3.63) is 24.3 Å². The Hall–Kier alpha value is -1.07. The molecule has 1 aliphatic rings. The van der Waals surface area contributed by atoms with Crippen LogP contribution in [-0.4, -0.2) is 39.8 Å². The zero-order valence-corrected chi connectivity index (χ0v) is 11.9. The second-order valence-corrected chi connectivity index (χ2v) is 7.09. The standard InChI is InChI=1S/C13H20N2O2S/c1-10-9-15(11(2)8-14-10)12-4-6-13(7-5-12)18(3,16)17/h4-7,10-11,14H,8-9H2,1-3H3/t10-,11-/m0/s1. The number of sulfone groups is 1. The van der Waals surface area contributed by atoms with Crippen LogP contribution in [0.5, 0.6) is 0 Å². The lowest BCUT2D eigenvalue weighted by atomic mass is 10.1. The quantitative estimate of drug-likeness (QED) is 0.878. The van der Waals surface area contributed by atoms with Crippen LogP contribution in [0.2, 0.25) is 0 Å². The molecule has 2 rings (SSSR count). The molecule has 0 spiro atoms. The molecular weight excluding hydrogens is 248 g/mol. The predicted molar refractivity (Wildman–Crippen MR) is 73.8 cm³/mol. The maximum atomic E-state index is 11.4. The van der Waals surface area contributed by atoms with Gasteiger partial charge in [-0.3, -0.25) is 0 Å². The molecule has 18 heavy (non-hydrogen) atoms. The number of piperazine rings is 1. The van der Waals surface area contributed by atoms with Crippen LogP contribution in [0.1, 0.15) is 13.8 Å². The molecule has 0 aliphatic carbocycles. The van der Waals surface area contributed by atoms with Crippen molar-refractivity contribution in [3.63, 3.8) is 0 Å². The largest absolute Gasteiger partial charge is 0.366 e. The molecule has 1 heterocycles. The molecule has 0 bridgehead atoms. The monoisotopic (exact) mass is 268 g/mol. The summed E-state index contributed by atoms with van der Waals surface area (Å²) >= 11 is 0. The highest BCUT2D eigenvalue weighted by Crippen LogP contribution is 2.21. The zero-order valence-electron chi connectivity index (χ0n) is 11.1. The topological polar surface area (TPSA) is 49.4 Å². The van der Waals surface area contributed by atoms with E-state index in [4.69, 9.17) is 0 Å². The first-order chi connectivity index (χ1) is 8.38. The first-order valence-electron chi connectivity index (χ1n) is 6.18. The molecule has 1 fully saturated rings. The van der Waals surface area contributed by atoms with E-state index >= 15 is 0 Å². The maximum Gasteiger partial charge on any atom is 0.175 e. The van der Waals surface area contributed by atoms with Crippen LogP contribution in [0, 0.1) is 0 Å². The Morgan fingerprint density at radius 2 is 1.83 bits per heavy atom. The van der Waals surface area contributed by atoms with Gasteiger partial charge in [-0.1, -0.05) is 0 Å². The van der Waals surface area contributed by atoms with Crippen molar-refractivity contribution in [2.45, 2.75) is 30.8 Å². The number of hydrogen-bond donors (Lipinski definition) is 1. The van der Waals surface area contributed by atoms with Gasteiger partial charge in [-0.2, -0.15) is 0 Å². The summed E-state index contributed by atoms with van der Waals surface area (Å²) in [4.78, 5) is 2.69. The summed E-state index contributed by atoms with van der Waals surface area (Å²) in [5.74, 6) is 0. The van der Waals surface area contributed by atoms with E-state index in [1.165, 1.54) is 6.26 Å². The van der Waals surface area contributed by atoms with Crippen molar-refractivity contribution in [1.82, 2.24) is 5.32 Å². The average molecular weight is 268 g/mol. The minimum Gasteiger partial charge on any atom is -0.366 e. The van der Waals surface area contributed by atoms with E-state index < -0.39 is 9.84 Å². The molecule has 0 amide bonds. The number of hydrogen-bond acceptors (Lipinski definition) is 4. The van der Waals surface area contributed by atoms with Gasteiger partial charge in [-0.15, -0.1) is 0 Å². The summed E-state index contributed by atoms with van der Waals surface area (Å²) in [7, 11) is -3.11. The lowest BCUT2D eigenvalue weighted by molar-refractivity contribution is 0.425. The van der Waals surface area contributed by atoms with Crippen LogP contribution in [0.4, 0.5) is 5.69 Å². The fourth-order valence-electron chi connectivity index (χ4n) is 2.27. The smallest absolute Gasteiger partial charge is 0.175 e. The number of benzene rings is 1. The van der Waals surface area contributed by atoms with E-state index in [2.05, 4.69) is 24.1 Å². The lowest BCUT2D eigenvalue weighted by Gasteiger charge is -2.39. The van der Waals surface area contributed by atoms with Gasteiger partial charge in [0.1, 0.15) is 0 Å². The molecule has 0 radical (unpaired) electrons. The van der Waals surface area contributed by atoms with Crippen LogP contribution in [-0.2, 0) is 9.84 Å². The molecule has 0 aromatic heterocycles. The molecule has 1 aromatic carbocycles. The Morgan fingerprint density at radius 1 is 1.22 bits per heavy atom. The van der Waals surface area contributed by atoms with Gasteiger partial charge in [-0.05, 0) is 38.1 Å². The normalized spacial score (nSPS) is 25.2. The van der Waals surface area contributed by atoms with E-state index in [0.717, 1.165) is 18.8 Å². The molecule has 2 atom stereocenters. The third-order valence-corrected chi connectivity index (χ3v) is 4.49. The molecule has 100 valence electrons. The first kappa shape index (κ1) is 13.4. The Labute approximate surface area is 109 Å². The van der Waals surface area contributed by atoms with Gasteiger partial charge in [0.25, 0.3) is 0 Å². The minimum atomic E-state index is -3.11. The molecule has 0 saturated carbocycles. The van der Waals surface area contributed by atoms with Crippen LogP contribution < -0.4 is 10.2 Å². The average Bonchev–Trinajstić information content (AvgIpc) is 2.31. The van der Waals surface area contributed by atoms with E-state index in [9.17, 15) is 8.42 Å².